The number of fused-ring (bicyclic) bond motifs is 2. The van der Waals surface area contributed by atoms with E-state index in [1.165, 1.54) is 12.5 Å². The van der Waals surface area contributed by atoms with Gasteiger partial charge in [-0.3, -0.25) is 0 Å². The second-order valence-corrected chi connectivity index (χ2v) is 9.42. The van der Waals surface area contributed by atoms with Crippen LogP contribution < -0.4 is 10.1 Å². The smallest absolute Gasteiger partial charge is 0.247 e. The largest absolute Gasteiger partial charge is 0.457 e. The second-order valence-electron chi connectivity index (χ2n) is 7.51. The van der Waals surface area contributed by atoms with E-state index in [0.29, 0.717) is 28.4 Å². The van der Waals surface area contributed by atoms with Gasteiger partial charge in [0.15, 0.2) is 5.82 Å². The van der Waals surface area contributed by atoms with Crippen molar-refractivity contribution in [3.8, 4) is 11.5 Å². The Hall–Kier alpha value is -4.12. The third-order valence-electron chi connectivity index (χ3n) is 4.98. The molecule has 166 valence electrons. The predicted octanol–water partition coefficient (Wildman–Crippen LogP) is 4.12. The first kappa shape index (κ1) is 20.8. The number of rotatable bonds is 5. The summed E-state index contributed by atoms with van der Waals surface area (Å²) in [6.45, 7) is 3.78. The minimum atomic E-state index is -3.57. The fraction of sp³-hybridized carbons (Fsp3) is 0.136. The standard InChI is InChI=1S/C22H18N6O4S/c1-12-8-14(4-7-19(12)31-15-5-6-16-13(2)32-28-17(16)9-15)26-21-20-18(24-11-25-21)10-23-22(27-20)33(3,29)30/h4-11H,1-3H3,(H,24,25,26). The molecule has 3 aromatic heterocycles. The Morgan fingerprint density at radius 3 is 2.64 bits per heavy atom. The minimum Gasteiger partial charge on any atom is -0.457 e. The Labute approximate surface area is 188 Å². The number of benzene rings is 2. The molecular weight excluding hydrogens is 444 g/mol. The maximum atomic E-state index is 11.8. The summed E-state index contributed by atoms with van der Waals surface area (Å²) in [7, 11) is -3.57. The topological polar surface area (TPSA) is 133 Å². The fourth-order valence-corrected chi connectivity index (χ4v) is 3.83. The van der Waals surface area contributed by atoms with Gasteiger partial charge in [0.25, 0.3) is 0 Å². The Morgan fingerprint density at radius 2 is 1.85 bits per heavy atom. The van der Waals surface area contributed by atoms with Crippen LogP contribution in [0.5, 0.6) is 11.5 Å². The number of sulfone groups is 1. The molecule has 0 bridgehead atoms. The van der Waals surface area contributed by atoms with Crippen LogP contribution in [-0.2, 0) is 9.84 Å². The number of anilines is 2. The highest BCUT2D eigenvalue weighted by atomic mass is 32.2. The molecule has 0 atom stereocenters. The van der Waals surface area contributed by atoms with E-state index >= 15 is 0 Å². The van der Waals surface area contributed by atoms with Gasteiger partial charge in [0.2, 0.25) is 15.0 Å². The highest BCUT2D eigenvalue weighted by Gasteiger charge is 2.15. The molecule has 0 aliphatic rings. The lowest BCUT2D eigenvalue weighted by Gasteiger charge is -2.12. The van der Waals surface area contributed by atoms with Crippen molar-refractivity contribution in [2.24, 2.45) is 0 Å². The summed E-state index contributed by atoms with van der Waals surface area (Å²) >= 11 is 0. The van der Waals surface area contributed by atoms with Gasteiger partial charge in [-0.2, -0.15) is 0 Å². The maximum absolute atomic E-state index is 11.8. The van der Waals surface area contributed by atoms with Crippen LogP contribution in [0, 0.1) is 13.8 Å². The molecule has 0 unspecified atom stereocenters. The van der Waals surface area contributed by atoms with Crippen LogP contribution in [0.2, 0.25) is 0 Å². The number of ether oxygens (including phenoxy) is 1. The molecule has 0 saturated carbocycles. The van der Waals surface area contributed by atoms with Crippen LogP contribution in [-0.4, -0.2) is 39.8 Å². The maximum Gasteiger partial charge on any atom is 0.247 e. The average Bonchev–Trinajstić information content (AvgIpc) is 3.15. The van der Waals surface area contributed by atoms with E-state index in [0.717, 1.165) is 34.2 Å². The van der Waals surface area contributed by atoms with E-state index in [1.807, 2.05) is 50.2 Å². The van der Waals surface area contributed by atoms with Crippen LogP contribution in [0.3, 0.4) is 0 Å². The SMILES string of the molecule is Cc1cc(Nc2ncnc3cnc(S(C)(=O)=O)nc23)ccc1Oc1ccc2c(C)onc2c1. The van der Waals surface area contributed by atoms with Gasteiger partial charge in [-0.15, -0.1) is 0 Å². The number of aryl methyl sites for hydroxylation is 2. The van der Waals surface area contributed by atoms with Crippen molar-refractivity contribution in [2.75, 3.05) is 11.6 Å². The molecule has 33 heavy (non-hydrogen) atoms. The van der Waals surface area contributed by atoms with Gasteiger partial charge in [-0.1, -0.05) is 5.16 Å². The zero-order valence-electron chi connectivity index (χ0n) is 17.9. The van der Waals surface area contributed by atoms with E-state index < -0.39 is 9.84 Å². The summed E-state index contributed by atoms with van der Waals surface area (Å²) in [4.78, 5) is 16.3. The lowest BCUT2D eigenvalue weighted by Crippen LogP contribution is -2.06. The summed E-state index contributed by atoms with van der Waals surface area (Å²) in [5, 5.41) is 7.85. The first-order chi connectivity index (χ1) is 15.8. The van der Waals surface area contributed by atoms with Gasteiger partial charge in [0.05, 0.1) is 6.20 Å². The number of hydrogen-bond acceptors (Lipinski definition) is 10. The first-order valence-corrected chi connectivity index (χ1v) is 11.8. The van der Waals surface area contributed by atoms with E-state index in [1.54, 1.807) is 0 Å². The number of nitrogens with one attached hydrogen (secondary N) is 1. The Morgan fingerprint density at radius 1 is 1.00 bits per heavy atom. The van der Waals surface area contributed by atoms with E-state index in [9.17, 15) is 8.42 Å². The molecule has 11 heteroatoms. The van der Waals surface area contributed by atoms with Crippen molar-refractivity contribution in [1.82, 2.24) is 25.1 Å². The minimum absolute atomic E-state index is 0.285. The van der Waals surface area contributed by atoms with Crippen molar-refractivity contribution in [3.63, 3.8) is 0 Å². The Bertz CT molecular complexity index is 1630. The van der Waals surface area contributed by atoms with Gasteiger partial charge in [-0.25, -0.2) is 28.4 Å². The summed E-state index contributed by atoms with van der Waals surface area (Å²) in [5.74, 6) is 2.45. The van der Waals surface area contributed by atoms with Gasteiger partial charge in [0.1, 0.15) is 40.1 Å². The Balaban J connectivity index is 1.43. The van der Waals surface area contributed by atoms with E-state index in [4.69, 9.17) is 9.26 Å². The predicted molar refractivity (Wildman–Crippen MR) is 122 cm³/mol. The normalized spacial score (nSPS) is 11.7. The molecule has 0 saturated heterocycles. The van der Waals surface area contributed by atoms with Crippen LogP contribution in [0.15, 0.2) is 58.6 Å². The number of aromatic nitrogens is 5. The van der Waals surface area contributed by atoms with Crippen molar-refractivity contribution in [3.05, 3.63) is 60.2 Å². The summed E-state index contributed by atoms with van der Waals surface area (Å²) in [5.41, 5.74) is 3.06. The quantitative estimate of drug-likeness (QED) is 0.380. The fourth-order valence-electron chi connectivity index (χ4n) is 3.33. The molecule has 2 aromatic carbocycles. The van der Waals surface area contributed by atoms with Crippen molar-refractivity contribution in [2.45, 2.75) is 19.0 Å². The second kappa shape index (κ2) is 7.78. The molecular formula is C22H18N6O4S. The van der Waals surface area contributed by atoms with E-state index in [-0.39, 0.29) is 5.16 Å². The number of hydrogen-bond donors (Lipinski definition) is 1. The van der Waals surface area contributed by atoms with Gasteiger partial charge in [0, 0.05) is 23.4 Å². The monoisotopic (exact) mass is 462 g/mol. The van der Waals surface area contributed by atoms with Crippen LogP contribution >= 0.6 is 0 Å². The summed E-state index contributed by atoms with van der Waals surface area (Å²) < 4.78 is 34.9. The molecule has 5 aromatic rings. The molecule has 0 fully saturated rings. The zero-order chi connectivity index (χ0) is 23.2. The zero-order valence-corrected chi connectivity index (χ0v) is 18.7. The lowest BCUT2D eigenvalue weighted by atomic mass is 10.2. The van der Waals surface area contributed by atoms with Crippen molar-refractivity contribution in [1.29, 1.82) is 0 Å². The molecule has 5 rings (SSSR count). The average molecular weight is 462 g/mol. The molecule has 10 nitrogen and oxygen atoms in total. The third-order valence-corrected chi connectivity index (χ3v) is 5.84. The summed E-state index contributed by atoms with van der Waals surface area (Å²) in [6, 6.07) is 11.1. The van der Waals surface area contributed by atoms with Gasteiger partial charge < -0.3 is 14.6 Å². The highest BCUT2D eigenvalue weighted by molar-refractivity contribution is 7.90. The molecule has 3 heterocycles. The lowest BCUT2D eigenvalue weighted by molar-refractivity contribution is 0.405. The van der Waals surface area contributed by atoms with Crippen LogP contribution in [0.25, 0.3) is 21.9 Å². The molecule has 0 amide bonds. The molecule has 0 aliphatic heterocycles. The first-order valence-electron chi connectivity index (χ1n) is 9.87. The third kappa shape index (κ3) is 4.05. The highest BCUT2D eigenvalue weighted by Crippen LogP contribution is 2.31. The van der Waals surface area contributed by atoms with Gasteiger partial charge >= 0.3 is 0 Å². The molecule has 1 N–H and O–H groups in total. The molecule has 0 radical (unpaired) electrons. The summed E-state index contributed by atoms with van der Waals surface area (Å²) in [6.07, 6.45) is 3.77. The van der Waals surface area contributed by atoms with Gasteiger partial charge in [-0.05, 0) is 49.7 Å². The number of nitrogens with zero attached hydrogens (tertiary/aromatic N) is 5. The van der Waals surface area contributed by atoms with Crippen molar-refractivity contribution >= 4 is 43.3 Å². The van der Waals surface area contributed by atoms with E-state index in [2.05, 4.69) is 30.4 Å². The van der Waals surface area contributed by atoms with Crippen LogP contribution in [0.1, 0.15) is 11.3 Å². The van der Waals surface area contributed by atoms with Crippen LogP contribution in [0.4, 0.5) is 11.5 Å². The Kier molecular flexibility index (Phi) is 4.90. The molecule has 0 aliphatic carbocycles. The molecule has 0 spiro atoms. The van der Waals surface area contributed by atoms with Crippen molar-refractivity contribution < 1.29 is 17.7 Å².